The summed E-state index contributed by atoms with van der Waals surface area (Å²) >= 11 is 0. The number of hydrogen-bond acceptors (Lipinski definition) is 5. The first kappa shape index (κ1) is 15.0. The molecule has 0 amide bonds. The van der Waals surface area contributed by atoms with E-state index in [4.69, 9.17) is 4.74 Å². The van der Waals surface area contributed by atoms with Crippen LogP contribution in [-0.4, -0.2) is 45.3 Å². The van der Waals surface area contributed by atoms with E-state index in [9.17, 15) is 0 Å². The molecule has 3 rings (SSSR count). The smallest absolute Gasteiger partial charge is 0.148 e. The van der Waals surface area contributed by atoms with Gasteiger partial charge in [0.2, 0.25) is 0 Å². The molecule has 0 spiro atoms. The van der Waals surface area contributed by atoms with Crippen LogP contribution in [0.15, 0.2) is 24.3 Å². The number of rotatable bonds is 6. The van der Waals surface area contributed by atoms with Gasteiger partial charge in [-0.25, -0.2) is 4.68 Å². The van der Waals surface area contributed by atoms with Crippen molar-refractivity contribution in [3.63, 3.8) is 0 Å². The van der Waals surface area contributed by atoms with Crippen LogP contribution in [0.25, 0.3) is 0 Å². The maximum absolute atomic E-state index is 5.35. The van der Waals surface area contributed by atoms with Gasteiger partial charge in [0.05, 0.1) is 7.11 Å². The third kappa shape index (κ3) is 3.27. The molecule has 0 aliphatic carbocycles. The van der Waals surface area contributed by atoms with Crippen LogP contribution in [-0.2, 0) is 6.54 Å². The average molecular weight is 301 g/mol. The van der Waals surface area contributed by atoms with E-state index in [0.29, 0.717) is 6.04 Å². The highest BCUT2D eigenvalue weighted by atomic mass is 16.5. The van der Waals surface area contributed by atoms with Crippen LogP contribution in [0, 0.1) is 6.92 Å². The maximum atomic E-state index is 5.35. The molecular formula is C16H23N5O. The van der Waals surface area contributed by atoms with Gasteiger partial charge < -0.3 is 4.74 Å². The van der Waals surface area contributed by atoms with Gasteiger partial charge in [0.1, 0.15) is 11.6 Å². The molecule has 0 saturated carbocycles. The van der Waals surface area contributed by atoms with Crippen molar-refractivity contribution in [1.29, 1.82) is 0 Å². The highest BCUT2D eigenvalue weighted by Gasteiger charge is 2.25. The number of aromatic nitrogens is 4. The maximum Gasteiger partial charge on any atom is 0.148 e. The normalized spacial score (nSPS) is 18.7. The standard InChI is InChI=1S/C16H23N5O/c1-13-17-18-19-21(13)11-5-10-20-9-4-8-16(20)14-6-3-7-15(12-14)22-2/h3,6-7,12,16H,4-5,8-11H2,1-2H3. The van der Waals surface area contributed by atoms with Crippen molar-refractivity contribution in [3.05, 3.63) is 35.7 Å². The Morgan fingerprint density at radius 2 is 2.23 bits per heavy atom. The van der Waals surface area contributed by atoms with Crippen molar-refractivity contribution >= 4 is 0 Å². The van der Waals surface area contributed by atoms with Crippen molar-refractivity contribution in [3.8, 4) is 5.75 Å². The van der Waals surface area contributed by atoms with Gasteiger partial charge in [0.25, 0.3) is 0 Å². The van der Waals surface area contributed by atoms with Gasteiger partial charge in [-0.3, -0.25) is 4.90 Å². The summed E-state index contributed by atoms with van der Waals surface area (Å²) in [6, 6.07) is 8.95. The molecule has 118 valence electrons. The van der Waals surface area contributed by atoms with Gasteiger partial charge in [0, 0.05) is 19.1 Å². The first-order valence-corrected chi connectivity index (χ1v) is 7.88. The Hall–Kier alpha value is -1.95. The van der Waals surface area contributed by atoms with Gasteiger partial charge in [-0.1, -0.05) is 12.1 Å². The predicted octanol–water partition coefficient (Wildman–Crippen LogP) is 2.22. The number of aryl methyl sites for hydroxylation is 2. The minimum Gasteiger partial charge on any atom is -0.497 e. The van der Waals surface area contributed by atoms with Gasteiger partial charge >= 0.3 is 0 Å². The molecule has 1 fully saturated rings. The third-order valence-corrected chi connectivity index (χ3v) is 4.37. The molecule has 22 heavy (non-hydrogen) atoms. The van der Waals surface area contributed by atoms with Gasteiger partial charge in [-0.05, 0) is 60.9 Å². The van der Waals surface area contributed by atoms with E-state index < -0.39 is 0 Å². The van der Waals surface area contributed by atoms with Gasteiger partial charge in [-0.2, -0.15) is 0 Å². The summed E-state index contributed by atoms with van der Waals surface area (Å²) in [5.41, 5.74) is 1.36. The number of likely N-dealkylation sites (tertiary alicyclic amines) is 1. The summed E-state index contributed by atoms with van der Waals surface area (Å²) in [7, 11) is 1.72. The summed E-state index contributed by atoms with van der Waals surface area (Å²) in [6.45, 7) is 5.05. The SMILES string of the molecule is COc1cccc(C2CCCN2CCCn2nnnc2C)c1. The molecule has 0 bridgehead atoms. The first-order valence-electron chi connectivity index (χ1n) is 7.88. The van der Waals surface area contributed by atoms with Crippen molar-refractivity contribution in [2.75, 3.05) is 20.2 Å². The minimum absolute atomic E-state index is 0.505. The lowest BCUT2D eigenvalue weighted by Crippen LogP contribution is -2.25. The van der Waals surface area contributed by atoms with Crippen molar-refractivity contribution in [2.24, 2.45) is 0 Å². The molecule has 0 N–H and O–H groups in total. The summed E-state index contributed by atoms with van der Waals surface area (Å²) in [6.07, 6.45) is 3.54. The average Bonchev–Trinajstić information content (AvgIpc) is 3.17. The second kappa shape index (κ2) is 6.87. The lowest BCUT2D eigenvalue weighted by Gasteiger charge is -2.25. The summed E-state index contributed by atoms with van der Waals surface area (Å²) < 4.78 is 7.22. The second-order valence-electron chi connectivity index (χ2n) is 5.77. The monoisotopic (exact) mass is 301 g/mol. The Bertz CT molecular complexity index is 612. The summed E-state index contributed by atoms with van der Waals surface area (Å²) in [5.74, 6) is 1.82. The molecule has 1 atom stereocenters. The lowest BCUT2D eigenvalue weighted by molar-refractivity contribution is 0.246. The summed E-state index contributed by atoms with van der Waals surface area (Å²) in [5, 5.41) is 11.6. The zero-order chi connectivity index (χ0) is 15.4. The first-order chi connectivity index (χ1) is 10.8. The number of hydrogen-bond donors (Lipinski definition) is 0. The number of benzene rings is 1. The highest BCUT2D eigenvalue weighted by Crippen LogP contribution is 2.33. The molecular weight excluding hydrogens is 278 g/mol. The predicted molar refractivity (Wildman–Crippen MR) is 83.7 cm³/mol. The molecule has 1 aromatic heterocycles. The van der Waals surface area contributed by atoms with E-state index in [1.165, 1.54) is 18.4 Å². The Balaban J connectivity index is 1.59. The van der Waals surface area contributed by atoms with Gasteiger partial charge in [-0.15, -0.1) is 5.10 Å². The largest absolute Gasteiger partial charge is 0.497 e. The van der Waals surface area contributed by atoms with Crippen LogP contribution in [0.1, 0.15) is 36.7 Å². The molecule has 1 saturated heterocycles. The van der Waals surface area contributed by atoms with Crippen LogP contribution in [0.2, 0.25) is 0 Å². The van der Waals surface area contributed by atoms with E-state index in [2.05, 4.69) is 38.6 Å². The minimum atomic E-state index is 0.505. The van der Waals surface area contributed by atoms with E-state index >= 15 is 0 Å². The fourth-order valence-corrected chi connectivity index (χ4v) is 3.20. The van der Waals surface area contributed by atoms with Gasteiger partial charge in [0.15, 0.2) is 0 Å². The highest BCUT2D eigenvalue weighted by molar-refractivity contribution is 5.31. The van der Waals surface area contributed by atoms with E-state index in [1.807, 2.05) is 17.7 Å². The Morgan fingerprint density at radius 3 is 3.00 bits per heavy atom. The lowest BCUT2D eigenvalue weighted by atomic mass is 10.0. The Labute approximate surface area is 131 Å². The molecule has 1 aliphatic rings. The molecule has 6 heteroatoms. The Morgan fingerprint density at radius 1 is 1.32 bits per heavy atom. The fraction of sp³-hybridized carbons (Fsp3) is 0.562. The molecule has 1 aliphatic heterocycles. The fourth-order valence-electron chi connectivity index (χ4n) is 3.20. The molecule has 1 unspecified atom stereocenters. The third-order valence-electron chi connectivity index (χ3n) is 4.37. The van der Waals surface area contributed by atoms with Crippen molar-refractivity contribution in [2.45, 2.75) is 38.8 Å². The number of nitrogens with zero attached hydrogens (tertiary/aromatic N) is 5. The molecule has 6 nitrogen and oxygen atoms in total. The number of tetrazole rings is 1. The topological polar surface area (TPSA) is 56.1 Å². The Kier molecular flexibility index (Phi) is 4.68. The second-order valence-corrected chi connectivity index (χ2v) is 5.77. The molecule has 1 aromatic carbocycles. The van der Waals surface area contributed by atoms with E-state index in [-0.39, 0.29) is 0 Å². The quantitative estimate of drug-likeness (QED) is 0.819. The zero-order valence-corrected chi connectivity index (χ0v) is 13.3. The summed E-state index contributed by atoms with van der Waals surface area (Å²) in [4.78, 5) is 2.56. The van der Waals surface area contributed by atoms with Crippen LogP contribution in [0.5, 0.6) is 5.75 Å². The van der Waals surface area contributed by atoms with Crippen LogP contribution in [0.3, 0.4) is 0 Å². The molecule has 2 heterocycles. The van der Waals surface area contributed by atoms with Crippen LogP contribution >= 0.6 is 0 Å². The van der Waals surface area contributed by atoms with E-state index in [0.717, 1.165) is 37.6 Å². The number of methoxy groups -OCH3 is 1. The van der Waals surface area contributed by atoms with Crippen LogP contribution in [0.4, 0.5) is 0 Å². The molecule has 2 aromatic rings. The molecule has 0 radical (unpaired) electrons. The van der Waals surface area contributed by atoms with Crippen LogP contribution < -0.4 is 4.74 Å². The van der Waals surface area contributed by atoms with Crippen molar-refractivity contribution in [1.82, 2.24) is 25.1 Å². The zero-order valence-electron chi connectivity index (χ0n) is 13.3. The van der Waals surface area contributed by atoms with E-state index in [1.54, 1.807) is 7.11 Å². The number of ether oxygens (including phenoxy) is 1. The van der Waals surface area contributed by atoms with Crippen molar-refractivity contribution < 1.29 is 4.74 Å².